The first-order valence-electron chi connectivity index (χ1n) is 6.62. The summed E-state index contributed by atoms with van der Waals surface area (Å²) < 4.78 is 8.31. The van der Waals surface area contributed by atoms with Crippen LogP contribution in [0.3, 0.4) is 0 Å². The molecule has 3 rings (SSSR count). The van der Waals surface area contributed by atoms with E-state index in [0.29, 0.717) is 12.3 Å². The smallest absolute Gasteiger partial charge is 0.272 e. The number of anilines is 1. The summed E-state index contributed by atoms with van der Waals surface area (Å²) in [5.41, 5.74) is 3.45. The number of benzene rings is 1. The molecule has 4 nitrogen and oxygen atoms in total. The average molecular weight is 300 g/mol. The van der Waals surface area contributed by atoms with Crippen molar-refractivity contribution in [3.05, 3.63) is 53.0 Å². The number of ether oxygens (including phenoxy) is 1. The molecule has 108 valence electrons. The van der Waals surface area contributed by atoms with Gasteiger partial charge in [0.15, 0.2) is 0 Å². The lowest BCUT2D eigenvalue weighted by molar-refractivity contribution is 0.101. The first kappa shape index (κ1) is 13.9. The summed E-state index contributed by atoms with van der Waals surface area (Å²) in [5.74, 6) is -0.112. The summed E-state index contributed by atoms with van der Waals surface area (Å²) in [4.78, 5) is 12.6. The van der Waals surface area contributed by atoms with E-state index in [2.05, 4.69) is 5.32 Å². The van der Waals surface area contributed by atoms with Crippen LogP contribution in [0.25, 0.3) is 10.2 Å². The zero-order valence-corrected chi connectivity index (χ0v) is 12.7. The van der Waals surface area contributed by atoms with Crippen molar-refractivity contribution in [1.82, 2.24) is 4.57 Å². The molecule has 0 spiro atoms. The third-order valence-corrected chi connectivity index (χ3v) is 4.40. The van der Waals surface area contributed by atoms with Crippen molar-refractivity contribution in [3.8, 4) is 0 Å². The first-order chi connectivity index (χ1) is 10.2. The van der Waals surface area contributed by atoms with Crippen molar-refractivity contribution in [3.63, 3.8) is 0 Å². The monoisotopic (exact) mass is 300 g/mol. The molecule has 0 saturated carbocycles. The molecule has 1 amide bonds. The Balaban J connectivity index is 2.02. The Hall–Kier alpha value is -2.11. The number of methoxy groups -OCH3 is 1. The average Bonchev–Trinajstić information content (AvgIpc) is 3.04. The Morgan fingerprint density at radius 1 is 1.29 bits per heavy atom. The van der Waals surface area contributed by atoms with E-state index in [0.717, 1.165) is 21.5 Å². The number of thiophene rings is 1. The van der Waals surface area contributed by atoms with E-state index in [1.165, 1.54) is 0 Å². The number of amides is 1. The number of rotatable bonds is 4. The number of aromatic nitrogens is 1. The van der Waals surface area contributed by atoms with Gasteiger partial charge in [-0.05, 0) is 23.6 Å². The van der Waals surface area contributed by atoms with Gasteiger partial charge >= 0.3 is 0 Å². The number of nitrogens with one attached hydrogen (secondary N) is 1. The van der Waals surface area contributed by atoms with Gasteiger partial charge in [0.05, 0.1) is 16.8 Å². The van der Waals surface area contributed by atoms with Crippen molar-refractivity contribution in [2.45, 2.75) is 6.61 Å². The molecule has 3 aromatic rings. The minimum absolute atomic E-state index is 0.112. The largest absolute Gasteiger partial charge is 0.380 e. The highest BCUT2D eigenvalue weighted by atomic mass is 32.1. The number of hydrogen-bond donors (Lipinski definition) is 1. The third kappa shape index (κ3) is 2.46. The molecule has 0 saturated heterocycles. The van der Waals surface area contributed by atoms with E-state index in [1.807, 2.05) is 53.4 Å². The molecule has 0 radical (unpaired) electrons. The Morgan fingerprint density at radius 2 is 2.05 bits per heavy atom. The van der Waals surface area contributed by atoms with Crippen LogP contribution in [0.4, 0.5) is 5.69 Å². The van der Waals surface area contributed by atoms with E-state index < -0.39 is 0 Å². The van der Waals surface area contributed by atoms with Crippen LogP contribution >= 0.6 is 11.3 Å². The second-order valence-corrected chi connectivity index (χ2v) is 5.69. The lowest BCUT2D eigenvalue weighted by atomic mass is 10.2. The molecule has 0 unspecified atom stereocenters. The molecule has 5 heteroatoms. The van der Waals surface area contributed by atoms with E-state index in [-0.39, 0.29) is 5.91 Å². The van der Waals surface area contributed by atoms with E-state index in [9.17, 15) is 4.79 Å². The summed E-state index contributed by atoms with van der Waals surface area (Å²) in [6.45, 7) is 0.426. The fraction of sp³-hybridized carbons (Fsp3) is 0.188. The van der Waals surface area contributed by atoms with Gasteiger partial charge in [-0.3, -0.25) is 4.79 Å². The van der Waals surface area contributed by atoms with Gasteiger partial charge in [0.2, 0.25) is 0 Å². The van der Waals surface area contributed by atoms with Crippen molar-refractivity contribution < 1.29 is 9.53 Å². The summed E-state index contributed by atoms with van der Waals surface area (Å²) in [6.07, 6.45) is 0. The Bertz CT molecular complexity index is 774. The zero-order chi connectivity index (χ0) is 14.8. The number of aryl methyl sites for hydroxylation is 1. The second kappa shape index (κ2) is 5.71. The number of nitrogens with zero attached hydrogens (tertiary/aromatic N) is 1. The SMILES string of the molecule is COCc1c(C(=O)Nc2ccccc2)n(C)c2ccsc12. The van der Waals surface area contributed by atoms with Gasteiger partial charge in [-0.2, -0.15) is 0 Å². The van der Waals surface area contributed by atoms with E-state index in [4.69, 9.17) is 4.74 Å². The van der Waals surface area contributed by atoms with Crippen LogP contribution in [0.2, 0.25) is 0 Å². The lowest BCUT2D eigenvalue weighted by Gasteiger charge is -2.09. The lowest BCUT2D eigenvalue weighted by Crippen LogP contribution is -2.17. The van der Waals surface area contributed by atoms with Gasteiger partial charge in [0, 0.05) is 25.4 Å². The molecule has 0 aliphatic carbocycles. The molecule has 0 fully saturated rings. The van der Waals surface area contributed by atoms with E-state index >= 15 is 0 Å². The highest BCUT2D eigenvalue weighted by Gasteiger charge is 2.21. The molecule has 21 heavy (non-hydrogen) atoms. The third-order valence-electron chi connectivity index (χ3n) is 3.44. The fourth-order valence-electron chi connectivity index (χ4n) is 2.50. The van der Waals surface area contributed by atoms with Gasteiger partial charge in [-0.25, -0.2) is 0 Å². The van der Waals surface area contributed by atoms with Crippen LogP contribution in [0.15, 0.2) is 41.8 Å². The minimum atomic E-state index is -0.112. The molecule has 0 atom stereocenters. The summed E-state index contributed by atoms with van der Waals surface area (Å²) >= 11 is 1.63. The van der Waals surface area contributed by atoms with Crippen LogP contribution < -0.4 is 5.32 Å². The van der Waals surface area contributed by atoms with Gasteiger partial charge in [0.25, 0.3) is 5.91 Å². The van der Waals surface area contributed by atoms with Crippen LogP contribution in [-0.2, 0) is 18.4 Å². The van der Waals surface area contributed by atoms with Crippen LogP contribution in [0, 0.1) is 0 Å². The molecule has 1 aromatic carbocycles. The highest BCUT2D eigenvalue weighted by Crippen LogP contribution is 2.31. The summed E-state index contributed by atoms with van der Waals surface area (Å²) in [7, 11) is 3.56. The quantitative estimate of drug-likeness (QED) is 0.799. The highest BCUT2D eigenvalue weighted by molar-refractivity contribution is 7.17. The molecule has 2 aromatic heterocycles. The number of fused-ring (bicyclic) bond motifs is 1. The number of carbonyl (C=O) groups is 1. The standard InChI is InChI=1S/C16H16N2O2S/c1-18-13-8-9-21-15(13)12(10-20-2)14(18)16(19)17-11-6-4-3-5-7-11/h3-9H,10H2,1-2H3,(H,17,19). The summed E-state index contributed by atoms with van der Waals surface area (Å²) in [5, 5.41) is 4.97. The number of para-hydroxylation sites is 1. The summed E-state index contributed by atoms with van der Waals surface area (Å²) in [6, 6.07) is 11.5. The molecular weight excluding hydrogens is 284 g/mol. The maximum atomic E-state index is 12.6. The Kier molecular flexibility index (Phi) is 3.77. The van der Waals surface area contributed by atoms with Crippen molar-refractivity contribution in [2.75, 3.05) is 12.4 Å². The maximum Gasteiger partial charge on any atom is 0.272 e. The predicted octanol–water partition coefficient (Wildman–Crippen LogP) is 3.64. The molecule has 2 heterocycles. The van der Waals surface area contributed by atoms with Crippen molar-refractivity contribution in [1.29, 1.82) is 0 Å². The van der Waals surface area contributed by atoms with Crippen molar-refractivity contribution >= 4 is 33.1 Å². The number of carbonyl (C=O) groups excluding carboxylic acids is 1. The Labute approximate surface area is 127 Å². The van der Waals surface area contributed by atoms with Gasteiger partial charge in [0.1, 0.15) is 5.69 Å². The minimum Gasteiger partial charge on any atom is -0.380 e. The maximum absolute atomic E-state index is 12.6. The van der Waals surface area contributed by atoms with Gasteiger partial charge in [-0.1, -0.05) is 18.2 Å². The first-order valence-corrected chi connectivity index (χ1v) is 7.50. The molecule has 0 bridgehead atoms. The fourth-order valence-corrected chi connectivity index (χ4v) is 3.46. The predicted molar refractivity (Wildman–Crippen MR) is 85.9 cm³/mol. The normalized spacial score (nSPS) is 11.0. The van der Waals surface area contributed by atoms with Gasteiger partial charge < -0.3 is 14.6 Å². The second-order valence-electron chi connectivity index (χ2n) is 4.77. The van der Waals surface area contributed by atoms with Gasteiger partial charge in [-0.15, -0.1) is 11.3 Å². The molecular formula is C16H16N2O2S. The van der Waals surface area contributed by atoms with Crippen LogP contribution in [-0.4, -0.2) is 17.6 Å². The molecule has 1 N–H and O–H groups in total. The zero-order valence-electron chi connectivity index (χ0n) is 11.9. The topological polar surface area (TPSA) is 43.3 Å². The van der Waals surface area contributed by atoms with Crippen LogP contribution in [0.1, 0.15) is 16.1 Å². The molecule has 0 aliphatic heterocycles. The Morgan fingerprint density at radius 3 is 2.76 bits per heavy atom. The van der Waals surface area contributed by atoms with Crippen LogP contribution in [0.5, 0.6) is 0 Å². The van der Waals surface area contributed by atoms with E-state index in [1.54, 1.807) is 18.4 Å². The van der Waals surface area contributed by atoms with Crippen molar-refractivity contribution in [2.24, 2.45) is 7.05 Å². The number of hydrogen-bond acceptors (Lipinski definition) is 3. The molecule has 0 aliphatic rings.